The molecule has 1 aliphatic rings. The first-order valence-electron chi connectivity index (χ1n) is 11.8. The fourth-order valence-electron chi connectivity index (χ4n) is 3.98. The van der Waals surface area contributed by atoms with Crippen LogP contribution in [0.5, 0.6) is 11.6 Å². The molecule has 1 aliphatic carbocycles. The van der Waals surface area contributed by atoms with Gasteiger partial charge in [-0.05, 0) is 56.9 Å². The average Bonchev–Trinajstić information content (AvgIpc) is 3.60. The summed E-state index contributed by atoms with van der Waals surface area (Å²) in [6, 6.07) is 18.0. The number of aliphatic hydroxyl groups is 1. The summed E-state index contributed by atoms with van der Waals surface area (Å²) < 4.78 is 13.7. The van der Waals surface area contributed by atoms with Crippen LogP contribution in [0.4, 0.5) is 0 Å². The summed E-state index contributed by atoms with van der Waals surface area (Å²) in [6.45, 7) is 6.55. The first-order valence-corrected chi connectivity index (χ1v) is 11.8. The van der Waals surface area contributed by atoms with E-state index < -0.39 is 6.10 Å². The highest BCUT2D eigenvalue weighted by Crippen LogP contribution is 2.34. The van der Waals surface area contributed by atoms with Crippen LogP contribution >= 0.6 is 0 Å². The van der Waals surface area contributed by atoms with Gasteiger partial charge in [0.05, 0.1) is 29.7 Å². The van der Waals surface area contributed by atoms with Gasteiger partial charge in [0.25, 0.3) is 0 Å². The molecule has 0 saturated heterocycles. The molecule has 1 heterocycles. The zero-order valence-electron chi connectivity index (χ0n) is 20.0. The molecule has 1 saturated carbocycles. The Labute approximate surface area is 202 Å². The van der Waals surface area contributed by atoms with E-state index in [1.807, 2.05) is 66.2 Å². The predicted molar refractivity (Wildman–Crippen MR) is 133 cm³/mol. The molecule has 0 unspecified atom stereocenters. The van der Waals surface area contributed by atoms with Gasteiger partial charge in [-0.15, -0.1) is 6.42 Å². The molecule has 3 aromatic rings. The fourth-order valence-corrected chi connectivity index (χ4v) is 3.98. The number of nitrogens with zero attached hydrogens (tertiary/aromatic N) is 3. The summed E-state index contributed by atoms with van der Waals surface area (Å²) >= 11 is 0. The van der Waals surface area contributed by atoms with E-state index in [-0.39, 0.29) is 13.2 Å². The first-order chi connectivity index (χ1) is 16.5. The molecule has 0 bridgehead atoms. The van der Waals surface area contributed by atoms with E-state index in [0.29, 0.717) is 24.9 Å². The number of para-hydroxylation sites is 1. The average molecular weight is 460 g/mol. The fraction of sp³-hybridized carbons (Fsp3) is 0.393. The monoisotopic (exact) mass is 459 g/mol. The van der Waals surface area contributed by atoms with E-state index in [0.717, 1.165) is 29.2 Å². The molecule has 1 aromatic heterocycles. The Morgan fingerprint density at radius 3 is 2.56 bits per heavy atom. The van der Waals surface area contributed by atoms with Crippen molar-refractivity contribution in [2.45, 2.75) is 39.3 Å². The Balaban J connectivity index is 1.62. The summed E-state index contributed by atoms with van der Waals surface area (Å²) in [7, 11) is 0. The van der Waals surface area contributed by atoms with Crippen molar-refractivity contribution in [1.29, 1.82) is 0 Å². The number of hydrogen-bond acceptors (Lipinski definition) is 5. The minimum atomic E-state index is -0.613. The van der Waals surface area contributed by atoms with Crippen molar-refractivity contribution in [3.63, 3.8) is 0 Å². The van der Waals surface area contributed by atoms with Crippen LogP contribution in [0.3, 0.4) is 0 Å². The zero-order chi connectivity index (χ0) is 23.9. The second kappa shape index (κ2) is 11.3. The molecule has 6 nitrogen and oxygen atoms in total. The molecular formula is C28H33N3O3. The maximum Gasteiger partial charge on any atom is 0.227 e. The Morgan fingerprint density at radius 1 is 1.15 bits per heavy atom. The highest BCUT2D eigenvalue weighted by molar-refractivity contribution is 5.43. The zero-order valence-corrected chi connectivity index (χ0v) is 20.0. The number of ether oxygens (including phenoxy) is 2. The normalized spacial score (nSPS) is 14.2. The molecule has 178 valence electrons. The second-order valence-corrected chi connectivity index (χ2v) is 9.04. The van der Waals surface area contributed by atoms with Crippen LogP contribution in [0, 0.1) is 32.1 Å². The van der Waals surface area contributed by atoms with E-state index in [2.05, 4.69) is 17.7 Å². The van der Waals surface area contributed by atoms with Crippen LogP contribution in [0.15, 0.2) is 54.6 Å². The maximum absolute atomic E-state index is 10.6. The minimum Gasteiger partial charge on any atom is -0.439 e. The summed E-state index contributed by atoms with van der Waals surface area (Å²) in [5.41, 5.74) is 4.04. The standard InChI is InChI=1S/C28H33N3O3/c1-4-16-33-20-25(32)18-30(17-23-12-13-23)19-27-22(3)29-31(24-8-6-5-7-9-24)28(27)34-26-14-10-21(2)11-15-26/h1,5-11,14-15,23,25,32H,12-13,16-20H2,2-3H3/t25-/m1/s1. The van der Waals surface area contributed by atoms with Gasteiger partial charge in [-0.3, -0.25) is 4.90 Å². The number of aromatic nitrogens is 2. The molecule has 1 fully saturated rings. The molecule has 4 rings (SSSR count). The Morgan fingerprint density at radius 2 is 1.88 bits per heavy atom. The molecule has 34 heavy (non-hydrogen) atoms. The van der Waals surface area contributed by atoms with Gasteiger partial charge in [-0.25, -0.2) is 4.68 Å². The largest absolute Gasteiger partial charge is 0.439 e. The van der Waals surface area contributed by atoms with E-state index in [1.165, 1.54) is 18.4 Å². The summed E-state index contributed by atoms with van der Waals surface area (Å²) in [5, 5.41) is 15.4. The number of aliphatic hydroxyl groups excluding tert-OH is 1. The third-order valence-corrected chi connectivity index (χ3v) is 5.93. The van der Waals surface area contributed by atoms with Gasteiger partial charge < -0.3 is 14.6 Å². The lowest BCUT2D eigenvalue weighted by Crippen LogP contribution is -2.36. The third-order valence-electron chi connectivity index (χ3n) is 5.93. The number of hydrogen-bond donors (Lipinski definition) is 1. The summed E-state index contributed by atoms with van der Waals surface area (Å²) in [6.07, 6.45) is 7.11. The lowest BCUT2D eigenvalue weighted by Gasteiger charge is -2.25. The first kappa shape index (κ1) is 24.0. The topological polar surface area (TPSA) is 59.8 Å². The third kappa shape index (κ3) is 6.48. The number of benzene rings is 2. The van der Waals surface area contributed by atoms with Crippen LogP contribution in [0.1, 0.15) is 29.7 Å². The van der Waals surface area contributed by atoms with Gasteiger partial charge in [-0.1, -0.05) is 41.8 Å². The lowest BCUT2D eigenvalue weighted by molar-refractivity contribution is 0.0250. The number of terminal acetylenes is 1. The van der Waals surface area contributed by atoms with Crippen molar-refractivity contribution in [3.8, 4) is 29.7 Å². The van der Waals surface area contributed by atoms with Crippen LogP contribution in [0.2, 0.25) is 0 Å². The van der Waals surface area contributed by atoms with E-state index in [4.69, 9.17) is 21.0 Å². The smallest absolute Gasteiger partial charge is 0.227 e. The van der Waals surface area contributed by atoms with E-state index in [9.17, 15) is 5.11 Å². The maximum atomic E-state index is 10.6. The molecular weight excluding hydrogens is 426 g/mol. The predicted octanol–water partition coefficient (Wildman–Crippen LogP) is 4.50. The minimum absolute atomic E-state index is 0.206. The molecule has 6 heteroatoms. The van der Waals surface area contributed by atoms with Crippen molar-refractivity contribution in [3.05, 3.63) is 71.4 Å². The van der Waals surface area contributed by atoms with Crippen LogP contribution in [-0.4, -0.2) is 52.2 Å². The highest BCUT2D eigenvalue weighted by atomic mass is 16.5. The number of aryl methyl sites for hydroxylation is 2. The molecule has 1 N–H and O–H groups in total. The molecule has 0 aliphatic heterocycles. The van der Waals surface area contributed by atoms with Gasteiger partial charge in [0.2, 0.25) is 5.88 Å². The summed E-state index contributed by atoms with van der Waals surface area (Å²) in [4.78, 5) is 2.28. The van der Waals surface area contributed by atoms with Gasteiger partial charge in [-0.2, -0.15) is 5.10 Å². The second-order valence-electron chi connectivity index (χ2n) is 9.04. The Bertz CT molecular complexity index is 1100. The Hall–Kier alpha value is -3.11. The van der Waals surface area contributed by atoms with E-state index >= 15 is 0 Å². The molecule has 0 spiro atoms. The number of rotatable bonds is 12. The van der Waals surface area contributed by atoms with Crippen LogP contribution in [-0.2, 0) is 11.3 Å². The highest BCUT2D eigenvalue weighted by Gasteiger charge is 2.28. The van der Waals surface area contributed by atoms with Crippen molar-refractivity contribution in [1.82, 2.24) is 14.7 Å². The Kier molecular flexibility index (Phi) is 8.02. The SMILES string of the molecule is C#CCOC[C@H](O)CN(Cc1c(C)nn(-c2ccccc2)c1Oc1ccc(C)cc1)CC1CC1. The van der Waals surface area contributed by atoms with Crippen molar-refractivity contribution < 1.29 is 14.6 Å². The van der Waals surface area contributed by atoms with Crippen molar-refractivity contribution in [2.24, 2.45) is 5.92 Å². The van der Waals surface area contributed by atoms with E-state index in [1.54, 1.807) is 0 Å². The van der Waals surface area contributed by atoms with Crippen molar-refractivity contribution in [2.75, 3.05) is 26.3 Å². The van der Waals surface area contributed by atoms with Crippen molar-refractivity contribution >= 4 is 0 Å². The van der Waals surface area contributed by atoms with Gasteiger partial charge in [0.15, 0.2) is 0 Å². The molecule has 0 radical (unpaired) electrons. The molecule has 2 aromatic carbocycles. The summed E-state index contributed by atoms with van der Waals surface area (Å²) in [5.74, 6) is 4.58. The van der Waals surface area contributed by atoms with Gasteiger partial charge >= 0.3 is 0 Å². The van der Waals surface area contributed by atoms with Crippen LogP contribution in [0.25, 0.3) is 5.69 Å². The molecule has 0 amide bonds. The van der Waals surface area contributed by atoms with Gasteiger partial charge in [0, 0.05) is 19.6 Å². The quantitative estimate of drug-likeness (QED) is 0.319. The van der Waals surface area contributed by atoms with Gasteiger partial charge in [0.1, 0.15) is 12.4 Å². The van der Waals surface area contributed by atoms with Crippen LogP contribution < -0.4 is 4.74 Å². The lowest BCUT2D eigenvalue weighted by atomic mass is 10.2. The molecule has 1 atom stereocenters.